The molecule has 0 aliphatic carbocycles. The second kappa shape index (κ2) is 4.92. The van der Waals surface area contributed by atoms with Gasteiger partial charge in [0.15, 0.2) is 5.78 Å². The SMILES string of the molecule is C=CCCC(=O)N1CC(=O)C(C(=O)O)C1C. The van der Waals surface area contributed by atoms with Crippen LogP contribution < -0.4 is 0 Å². The molecule has 0 aromatic carbocycles. The molecule has 5 nitrogen and oxygen atoms in total. The molecule has 0 aromatic heterocycles. The Kier molecular flexibility index (Phi) is 3.82. The van der Waals surface area contributed by atoms with E-state index >= 15 is 0 Å². The van der Waals surface area contributed by atoms with Crippen LogP contribution in [0.5, 0.6) is 0 Å². The molecule has 0 radical (unpaired) electrons. The Bertz CT molecular complexity index is 337. The van der Waals surface area contributed by atoms with Crippen molar-refractivity contribution in [3.63, 3.8) is 0 Å². The van der Waals surface area contributed by atoms with Crippen LogP contribution in [0, 0.1) is 5.92 Å². The number of carbonyl (C=O) groups excluding carboxylic acids is 2. The van der Waals surface area contributed by atoms with Gasteiger partial charge >= 0.3 is 5.97 Å². The Morgan fingerprint density at radius 3 is 2.69 bits per heavy atom. The maximum Gasteiger partial charge on any atom is 0.316 e. The van der Waals surface area contributed by atoms with E-state index in [1.165, 1.54) is 4.90 Å². The number of aliphatic carboxylic acids is 1. The lowest BCUT2D eigenvalue weighted by molar-refractivity contribution is -0.145. The highest BCUT2D eigenvalue weighted by Crippen LogP contribution is 2.22. The number of carboxylic acids is 1. The molecular formula is C11H15NO4. The average Bonchev–Trinajstić information content (AvgIpc) is 2.50. The Labute approximate surface area is 93.7 Å². The molecule has 16 heavy (non-hydrogen) atoms. The summed E-state index contributed by atoms with van der Waals surface area (Å²) >= 11 is 0. The first-order valence-corrected chi connectivity index (χ1v) is 5.15. The van der Waals surface area contributed by atoms with E-state index in [4.69, 9.17) is 5.11 Å². The van der Waals surface area contributed by atoms with E-state index in [0.717, 1.165) is 0 Å². The fourth-order valence-electron chi connectivity index (χ4n) is 1.89. The van der Waals surface area contributed by atoms with Crippen LogP contribution in [0.2, 0.25) is 0 Å². The number of likely N-dealkylation sites (tertiary alicyclic amines) is 1. The monoisotopic (exact) mass is 225 g/mol. The van der Waals surface area contributed by atoms with Crippen LogP contribution in [0.15, 0.2) is 12.7 Å². The van der Waals surface area contributed by atoms with Crippen molar-refractivity contribution in [2.45, 2.75) is 25.8 Å². The number of carbonyl (C=O) groups is 3. The van der Waals surface area contributed by atoms with Gasteiger partial charge in [-0.1, -0.05) is 6.08 Å². The first-order valence-electron chi connectivity index (χ1n) is 5.15. The molecule has 0 spiro atoms. The van der Waals surface area contributed by atoms with Gasteiger partial charge in [0.1, 0.15) is 5.92 Å². The summed E-state index contributed by atoms with van der Waals surface area (Å²) in [6.07, 6.45) is 2.43. The molecule has 1 N–H and O–H groups in total. The average molecular weight is 225 g/mol. The molecule has 1 aliphatic heterocycles. The second-order valence-electron chi connectivity index (χ2n) is 3.87. The number of amides is 1. The summed E-state index contributed by atoms with van der Waals surface area (Å²) in [5, 5.41) is 8.85. The molecule has 1 heterocycles. The Morgan fingerprint density at radius 1 is 1.62 bits per heavy atom. The summed E-state index contributed by atoms with van der Waals surface area (Å²) in [7, 11) is 0. The smallest absolute Gasteiger partial charge is 0.316 e. The van der Waals surface area contributed by atoms with Gasteiger partial charge in [0.05, 0.1) is 6.54 Å². The van der Waals surface area contributed by atoms with Gasteiger partial charge in [-0.3, -0.25) is 14.4 Å². The molecular weight excluding hydrogens is 210 g/mol. The lowest BCUT2D eigenvalue weighted by atomic mass is 10.0. The molecule has 2 unspecified atom stereocenters. The van der Waals surface area contributed by atoms with Crippen molar-refractivity contribution in [2.24, 2.45) is 5.92 Å². The molecule has 2 atom stereocenters. The minimum Gasteiger partial charge on any atom is -0.481 e. The number of hydrogen-bond donors (Lipinski definition) is 1. The standard InChI is InChI=1S/C11H15NO4/c1-3-4-5-9(14)12-6-8(13)10(7(12)2)11(15)16/h3,7,10H,1,4-6H2,2H3,(H,15,16). The fraction of sp³-hybridized carbons (Fsp3) is 0.545. The predicted octanol–water partition coefficient (Wildman–Crippen LogP) is 0.453. The van der Waals surface area contributed by atoms with Gasteiger partial charge < -0.3 is 10.0 Å². The van der Waals surface area contributed by atoms with Gasteiger partial charge in [0.25, 0.3) is 0 Å². The van der Waals surface area contributed by atoms with Crippen molar-refractivity contribution in [1.82, 2.24) is 4.90 Å². The van der Waals surface area contributed by atoms with E-state index in [9.17, 15) is 14.4 Å². The third-order valence-corrected chi connectivity index (χ3v) is 2.80. The van der Waals surface area contributed by atoms with Crippen LogP contribution in [0.1, 0.15) is 19.8 Å². The quantitative estimate of drug-likeness (QED) is 0.557. The first kappa shape index (κ1) is 12.4. The highest BCUT2D eigenvalue weighted by atomic mass is 16.4. The van der Waals surface area contributed by atoms with Crippen LogP contribution in [0.3, 0.4) is 0 Å². The van der Waals surface area contributed by atoms with Gasteiger partial charge in [0, 0.05) is 12.5 Å². The number of hydrogen-bond acceptors (Lipinski definition) is 3. The van der Waals surface area contributed by atoms with E-state index in [1.54, 1.807) is 13.0 Å². The second-order valence-corrected chi connectivity index (χ2v) is 3.87. The largest absolute Gasteiger partial charge is 0.481 e. The van der Waals surface area contributed by atoms with E-state index in [1.807, 2.05) is 0 Å². The van der Waals surface area contributed by atoms with Crippen molar-refractivity contribution in [1.29, 1.82) is 0 Å². The van der Waals surface area contributed by atoms with Crippen LogP contribution >= 0.6 is 0 Å². The van der Waals surface area contributed by atoms with Crippen LogP contribution in [0.4, 0.5) is 0 Å². The lowest BCUT2D eigenvalue weighted by Crippen LogP contribution is -2.37. The van der Waals surface area contributed by atoms with Crippen LogP contribution in [-0.2, 0) is 14.4 Å². The van der Waals surface area contributed by atoms with Gasteiger partial charge in [-0.05, 0) is 13.3 Å². The number of nitrogens with zero attached hydrogens (tertiary/aromatic N) is 1. The van der Waals surface area contributed by atoms with Crippen molar-refractivity contribution >= 4 is 17.7 Å². The maximum atomic E-state index is 11.7. The fourth-order valence-corrected chi connectivity index (χ4v) is 1.89. The van der Waals surface area contributed by atoms with Crippen molar-refractivity contribution < 1.29 is 19.5 Å². The van der Waals surface area contributed by atoms with Gasteiger partial charge in [-0.2, -0.15) is 0 Å². The lowest BCUT2D eigenvalue weighted by Gasteiger charge is -2.21. The van der Waals surface area contributed by atoms with E-state index < -0.39 is 23.7 Å². The van der Waals surface area contributed by atoms with E-state index in [-0.39, 0.29) is 18.9 Å². The van der Waals surface area contributed by atoms with Gasteiger partial charge in [-0.15, -0.1) is 6.58 Å². The normalized spacial score (nSPS) is 24.6. The topological polar surface area (TPSA) is 74.7 Å². The highest BCUT2D eigenvalue weighted by Gasteiger charge is 2.44. The molecule has 1 saturated heterocycles. The zero-order valence-corrected chi connectivity index (χ0v) is 9.18. The molecule has 0 aromatic rings. The number of carboxylic acid groups (broad SMARTS) is 1. The maximum absolute atomic E-state index is 11.7. The van der Waals surface area contributed by atoms with Crippen LogP contribution in [0.25, 0.3) is 0 Å². The molecule has 1 fully saturated rings. The van der Waals surface area contributed by atoms with Gasteiger partial charge in [0.2, 0.25) is 5.91 Å². The Morgan fingerprint density at radius 2 is 2.25 bits per heavy atom. The number of allylic oxidation sites excluding steroid dienone is 1. The first-order chi connectivity index (χ1) is 7.49. The molecule has 88 valence electrons. The molecule has 1 rings (SSSR count). The van der Waals surface area contributed by atoms with E-state index in [2.05, 4.69) is 6.58 Å². The highest BCUT2D eigenvalue weighted by molar-refractivity contribution is 6.04. The minimum absolute atomic E-state index is 0.0892. The van der Waals surface area contributed by atoms with Crippen molar-refractivity contribution in [2.75, 3.05) is 6.54 Å². The van der Waals surface area contributed by atoms with Crippen molar-refractivity contribution in [3.8, 4) is 0 Å². The summed E-state index contributed by atoms with van der Waals surface area (Å²) in [6, 6.07) is -0.553. The van der Waals surface area contributed by atoms with Crippen molar-refractivity contribution in [3.05, 3.63) is 12.7 Å². The number of rotatable bonds is 4. The zero-order chi connectivity index (χ0) is 12.3. The van der Waals surface area contributed by atoms with Gasteiger partial charge in [-0.25, -0.2) is 0 Å². The summed E-state index contributed by atoms with van der Waals surface area (Å²) in [5.41, 5.74) is 0. The molecule has 0 saturated carbocycles. The molecule has 0 bridgehead atoms. The predicted molar refractivity (Wildman–Crippen MR) is 56.7 cm³/mol. The van der Waals surface area contributed by atoms with E-state index in [0.29, 0.717) is 6.42 Å². The summed E-state index contributed by atoms with van der Waals surface area (Å²) in [5.74, 6) is -2.82. The summed E-state index contributed by atoms with van der Waals surface area (Å²) in [4.78, 5) is 35.2. The Hall–Kier alpha value is -1.65. The molecule has 1 aliphatic rings. The van der Waals surface area contributed by atoms with Crippen LogP contribution in [-0.4, -0.2) is 40.3 Å². The minimum atomic E-state index is -1.16. The number of Topliss-reactive ketones (excluding diaryl/α,β-unsaturated/α-hetero) is 1. The summed E-state index contributed by atoms with van der Waals surface area (Å²) < 4.78 is 0. The third-order valence-electron chi connectivity index (χ3n) is 2.80. The molecule has 1 amide bonds. The Balaban J connectivity index is 2.71. The zero-order valence-electron chi connectivity index (χ0n) is 9.18. The molecule has 5 heteroatoms. The number of ketones is 1. The summed E-state index contributed by atoms with van der Waals surface area (Å²) in [6.45, 7) is 5.01. The third kappa shape index (κ3) is 2.29.